The van der Waals surface area contributed by atoms with E-state index in [1.807, 2.05) is 48.8 Å². The molecule has 4 rings (SSSR count). The highest BCUT2D eigenvalue weighted by atomic mass is 33.1. The summed E-state index contributed by atoms with van der Waals surface area (Å²) in [5.74, 6) is 0. The first-order valence-corrected chi connectivity index (χ1v) is 12.9. The van der Waals surface area contributed by atoms with Gasteiger partial charge in [-0.3, -0.25) is 0 Å². The Morgan fingerprint density at radius 3 is 1.21 bits per heavy atom. The number of hydrogen-bond donors (Lipinski definition) is 0. The molecule has 0 radical (unpaired) electrons. The zero-order valence-electron chi connectivity index (χ0n) is 14.8. The van der Waals surface area contributed by atoms with E-state index in [0.29, 0.717) is 0 Å². The van der Waals surface area contributed by atoms with Crippen LogP contribution in [0.4, 0.5) is 0 Å². The van der Waals surface area contributed by atoms with Gasteiger partial charge in [0.1, 0.15) is 10.1 Å². The molecule has 138 valence electrons. The van der Waals surface area contributed by atoms with Crippen molar-refractivity contribution >= 4 is 43.2 Å². The molecule has 28 heavy (non-hydrogen) atoms. The van der Waals surface area contributed by atoms with Crippen LogP contribution in [0.25, 0.3) is 11.1 Å². The van der Waals surface area contributed by atoms with E-state index in [1.165, 1.54) is 20.9 Å². The standard InChI is InChI=1S/C22H16N2S4/c1-3-15-23-21(5-1)27-25-19-11-7-17(8-12-19)18-9-13-20(14-10-18)26-28-22-6-2-4-16-24-22/h1-16H. The summed E-state index contributed by atoms with van der Waals surface area (Å²) in [6.45, 7) is 0. The van der Waals surface area contributed by atoms with E-state index in [2.05, 4.69) is 58.5 Å². The van der Waals surface area contributed by atoms with Gasteiger partial charge in [-0.25, -0.2) is 9.97 Å². The highest BCUT2D eigenvalue weighted by Gasteiger charge is 2.03. The number of hydrogen-bond acceptors (Lipinski definition) is 6. The SMILES string of the molecule is c1ccc(SSc2ccc(-c3ccc(SSc4ccccn4)cc3)cc2)nc1. The van der Waals surface area contributed by atoms with Crippen molar-refractivity contribution < 1.29 is 0 Å². The maximum Gasteiger partial charge on any atom is 0.107 e. The van der Waals surface area contributed by atoms with Gasteiger partial charge in [0.25, 0.3) is 0 Å². The molecule has 2 aromatic heterocycles. The second kappa shape index (κ2) is 10.1. The van der Waals surface area contributed by atoms with Crippen LogP contribution in [0.5, 0.6) is 0 Å². The van der Waals surface area contributed by atoms with Gasteiger partial charge in [-0.1, -0.05) is 58.0 Å². The Morgan fingerprint density at radius 2 is 0.857 bits per heavy atom. The lowest BCUT2D eigenvalue weighted by Crippen LogP contribution is -1.79. The third-order valence-corrected chi connectivity index (χ3v) is 8.36. The number of benzene rings is 2. The molecule has 0 aliphatic rings. The predicted octanol–water partition coefficient (Wildman–Crippen LogP) is 7.74. The molecule has 0 spiro atoms. The van der Waals surface area contributed by atoms with Crippen molar-refractivity contribution in [1.82, 2.24) is 9.97 Å². The van der Waals surface area contributed by atoms with Crippen LogP contribution in [0.2, 0.25) is 0 Å². The Labute approximate surface area is 180 Å². The summed E-state index contributed by atoms with van der Waals surface area (Å²) in [6.07, 6.45) is 3.64. The van der Waals surface area contributed by atoms with E-state index >= 15 is 0 Å². The minimum absolute atomic E-state index is 1.02. The molecule has 0 saturated carbocycles. The fraction of sp³-hybridized carbons (Fsp3) is 0. The molecule has 0 saturated heterocycles. The van der Waals surface area contributed by atoms with Crippen molar-refractivity contribution in [1.29, 1.82) is 0 Å². The predicted molar refractivity (Wildman–Crippen MR) is 124 cm³/mol. The molecule has 0 amide bonds. The lowest BCUT2D eigenvalue weighted by Gasteiger charge is -2.06. The molecule has 0 aliphatic heterocycles. The average Bonchev–Trinajstić information content (AvgIpc) is 2.78. The molecule has 4 aromatic rings. The maximum absolute atomic E-state index is 4.34. The number of pyridine rings is 2. The Kier molecular flexibility index (Phi) is 7.00. The summed E-state index contributed by atoms with van der Waals surface area (Å²) >= 11 is 0. The van der Waals surface area contributed by atoms with Gasteiger partial charge in [-0.05, 0) is 81.2 Å². The van der Waals surface area contributed by atoms with Gasteiger partial charge in [0.2, 0.25) is 0 Å². The second-order valence-electron chi connectivity index (χ2n) is 5.72. The van der Waals surface area contributed by atoms with Crippen molar-refractivity contribution in [2.75, 3.05) is 0 Å². The quantitative estimate of drug-likeness (QED) is 0.275. The zero-order chi connectivity index (χ0) is 19.0. The Bertz CT molecular complexity index is 907. The Balaban J connectivity index is 1.34. The topological polar surface area (TPSA) is 25.8 Å². The summed E-state index contributed by atoms with van der Waals surface area (Å²) < 4.78 is 0. The van der Waals surface area contributed by atoms with Crippen LogP contribution < -0.4 is 0 Å². The van der Waals surface area contributed by atoms with Crippen molar-refractivity contribution in [3.8, 4) is 11.1 Å². The molecular formula is C22H16N2S4. The summed E-state index contributed by atoms with van der Waals surface area (Å²) in [4.78, 5) is 11.1. The summed E-state index contributed by atoms with van der Waals surface area (Å²) in [5.41, 5.74) is 2.45. The van der Waals surface area contributed by atoms with Gasteiger partial charge >= 0.3 is 0 Å². The highest BCUT2D eigenvalue weighted by Crippen LogP contribution is 2.38. The number of nitrogens with zero attached hydrogens (tertiary/aromatic N) is 2. The van der Waals surface area contributed by atoms with Gasteiger partial charge in [-0.2, -0.15) is 0 Å². The van der Waals surface area contributed by atoms with Crippen LogP contribution in [0, 0.1) is 0 Å². The van der Waals surface area contributed by atoms with Crippen LogP contribution in [0.15, 0.2) is 117 Å². The minimum atomic E-state index is 1.02. The third-order valence-electron chi connectivity index (χ3n) is 3.76. The van der Waals surface area contributed by atoms with Gasteiger partial charge in [0.15, 0.2) is 0 Å². The van der Waals surface area contributed by atoms with E-state index in [4.69, 9.17) is 0 Å². The van der Waals surface area contributed by atoms with Crippen LogP contribution in [-0.2, 0) is 0 Å². The lowest BCUT2D eigenvalue weighted by molar-refractivity contribution is 1.14. The smallest absolute Gasteiger partial charge is 0.107 e. The normalized spacial score (nSPS) is 10.7. The van der Waals surface area contributed by atoms with Gasteiger partial charge in [0.05, 0.1) is 0 Å². The van der Waals surface area contributed by atoms with E-state index in [1.54, 1.807) is 43.2 Å². The number of rotatable bonds is 7. The molecule has 2 aromatic carbocycles. The zero-order valence-corrected chi connectivity index (χ0v) is 18.0. The molecule has 0 aliphatic carbocycles. The van der Waals surface area contributed by atoms with Crippen LogP contribution in [0.1, 0.15) is 0 Å². The van der Waals surface area contributed by atoms with E-state index in [0.717, 1.165) is 10.1 Å². The molecular weight excluding hydrogens is 421 g/mol. The molecule has 2 heterocycles. The molecule has 0 unspecified atom stereocenters. The van der Waals surface area contributed by atoms with E-state index in [9.17, 15) is 0 Å². The van der Waals surface area contributed by atoms with Crippen molar-refractivity contribution in [2.24, 2.45) is 0 Å². The Morgan fingerprint density at radius 1 is 0.429 bits per heavy atom. The lowest BCUT2D eigenvalue weighted by atomic mass is 10.1. The first kappa shape index (κ1) is 19.5. The van der Waals surface area contributed by atoms with Gasteiger partial charge in [0, 0.05) is 22.2 Å². The fourth-order valence-electron chi connectivity index (χ4n) is 2.38. The van der Waals surface area contributed by atoms with Crippen LogP contribution in [-0.4, -0.2) is 9.97 Å². The Hall–Kier alpha value is -1.86. The second-order valence-corrected chi connectivity index (χ2v) is 10.2. The third kappa shape index (κ3) is 5.58. The van der Waals surface area contributed by atoms with Crippen LogP contribution >= 0.6 is 43.2 Å². The molecule has 0 atom stereocenters. The monoisotopic (exact) mass is 436 g/mol. The molecule has 6 heteroatoms. The largest absolute Gasteiger partial charge is 0.249 e. The van der Waals surface area contributed by atoms with E-state index < -0.39 is 0 Å². The summed E-state index contributed by atoms with van der Waals surface area (Å²) in [5, 5.41) is 2.04. The molecule has 0 N–H and O–H groups in total. The minimum Gasteiger partial charge on any atom is -0.249 e. The summed E-state index contributed by atoms with van der Waals surface area (Å²) in [7, 11) is 6.81. The summed E-state index contributed by atoms with van der Waals surface area (Å²) in [6, 6.07) is 29.3. The highest BCUT2D eigenvalue weighted by molar-refractivity contribution is 8.77. The fourth-order valence-corrected chi connectivity index (χ4v) is 6.06. The first-order valence-electron chi connectivity index (χ1n) is 8.58. The molecule has 0 fully saturated rings. The number of aromatic nitrogens is 2. The maximum atomic E-state index is 4.34. The van der Waals surface area contributed by atoms with Crippen molar-refractivity contribution in [3.63, 3.8) is 0 Å². The van der Waals surface area contributed by atoms with Crippen molar-refractivity contribution in [2.45, 2.75) is 19.8 Å². The first-order chi connectivity index (χ1) is 13.9. The average molecular weight is 437 g/mol. The van der Waals surface area contributed by atoms with Crippen molar-refractivity contribution in [3.05, 3.63) is 97.3 Å². The van der Waals surface area contributed by atoms with Crippen LogP contribution in [0.3, 0.4) is 0 Å². The van der Waals surface area contributed by atoms with Gasteiger partial charge < -0.3 is 0 Å². The van der Waals surface area contributed by atoms with Gasteiger partial charge in [-0.15, -0.1) is 0 Å². The van der Waals surface area contributed by atoms with E-state index in [-0.39, 0.29) is 0 Å². The molecule has 0 bridgehead atoms. The molecule has 2 nitrogen and oxygen atoms in total.